The van der Waals surface area contributed by atoms with Gasteiger partial charge in [0.1, 0.15) is 0 Å². The van der Waals surface area contributed by atoms with Crippen molar-refractivity contribution in [3.05, 3.63) is 35.4 Å². The van der Waals surface area contributed by atoms with Crippen LogP contribution in [-0.2, 0) is 0 Å². The van der Waals surface area contributed by atoms with E-state index in [-0.39, 0.29) is 11.7 Å². The maximum absolute atomic E-state index is 11.9. The quantitative estimate of drug-likeness (QED) is 0.317. The van der Waals surface area contributed by atoms with E-state index < -0.39 is 0 Å². The van der Waals surface area contributed by atoms with Gasteiger partial charge in [-0.25, -0.2) is 0 Å². The van der Waals surface area contributed by atoms with E-state index in [4.69, 9.17) is 10.9 Å². The number of rotatable bonds is 6. The lowest BCUT2D eigenvalue weighted by Gasteiger charge is -2.13. The molecule has 1 aromatic rings. The van der Waals surface area contributed by atoms with Gasteiger partial charge in [0.15, 0.2) is 5.84 Å². The Morgan fingerprint density at radius 1 is 1.26 bits per heavy atom. The van der Waals surface area contributed by atoms with Crippen LogP contribution < -0.4 is 11.1 Å². The molecule has 0 aliphatic rings. The third-order valence-corrected chi connectivity index (χ3v) is 3.26. The largest absolute Gasteiger partial charge is 0.409 e. The zero-order valence-electron chi connectivity index (χ0n) is 11.4. The molecule has 0 radical (unpaired) electrons. The molecule has 0 spiro atoms. The minimum Gasteiger partial charge on any atom is -0.409 e. The summed E-state index contributed by atoms with van der Waals surface area (Å²) in [4.78, 5) is 11.9. The predicted octanol–water partition coefficient (Wildman–Crippen LogP) is 1.95. The molecule has 1 rings (SSSR count). The van der Waals surface area contributed by atoms with Gasteiger partial charge < -0.3 is 16.3 Å². The SMILES string of the molecule is CCC(CC)CNC(=O)c1ccc(/C(N)=N/O)cc1. The highest BCUT2D eigenvalue weighted by Crippen LogP contribution is 2.07. The van der Waals surface area contributed by atoms with Gasteiger partial charge in [-0.3, -0.25) is 4.79 Å². The van der Waals surface area contributed by atoms with Crippen LogP contribution in [0.4, 0.5) is 0 Å². The number of nitrogens with zero attached hydrogens (tertiary/aromatic N) is 1. The molecule has 1 amide bonds. The number of amidine groups is 1. The van der Waals surface area contributed by atoms with Crippen molar-refractivity contribution in [3.63, 3.8) is 0 Å². The van der Waals surface area contributed by atoms with Gasteiger partial charge in [0.25, 0.3) is 5.91 Å². The highest BCUT2D eigenvalue weighted by molar-refractivity contribution is 5.99. The number of carbonyl (C=O) groups excluding carboxylic acids is 1. The molecule has 0 fully saturated rings. The third kappa shape index (κ3) is 4.28. The first-order chi connectivity index (χ1) is 9.12. The van der Waals surface area contributed by atoms with Gasteiger partial charge in [-0.15, -0.1) is 0 Å². The molecule has 4 N–H and O–H groups in total. The molecular formula is C14H21N3O2. The Labute approximate surface area is 113 Å². The highest BCUT2D eigenvalue weighted by Gasteiger charge is 2.09. The standard InChI is InChI=1S/C14H21N3O2/c1-3-10(4-2)9-16-14(18)12-7-5-11(6-8-12)13(15)17-19/h5-8,10,19H,3-4,9H2,1-2H3,(H2,15,17)(H,16,18). The second kappa shape index (κ2) is 7.41. The first-order valence-corrected chi connectivity index (χ1v) is 6.48. The van der Waals surface area contributed by atoms with Crippen molar-refractivity contribution in [2.75, 3.05) is 6.54 Å². The zero-order valence-corrected chi connectivity index (χ0v) is 11.4. The first-order valence-electron chi connectivity index (χ1n) is 6.48. The van der Waals surface area contributed by atoms with E-state index in [1.807, 2.05) is 0 Å². The molecule has 0 heterocycles. The van der Waals surface area contributed by atoms with E-state index in [0.29, 0.717) is 23.6 Å². The van der Waals surface area contributed by atoms with Gasteiger partial charge in [-0.05, 0) is 18.1 Å². The number of nitrogens with one attached hydrogen (secondary N) is 1. The molecule has 0 saturated carbocycles. The summed E-state index contributed by atoms with van der Waals surface area (Å²) in [6.07, 6.45) is 2.11. The number of oxime groups is 1. The van der Waals surface area contributed by atoms with Crippen molar-refractivity contribution in [2.24, 2.45) is 16.8 Å². The fraction of sp³-hybridized carbons (Fsp3) is 0.429. The fourth-order valence-corrected chi connectivity index (χ4v) is 1.77. The monoisotopic (exact) mass is 263 g/mol. The fourth-order valence-electron chi connectivity index (χ4n) is 1.77. The summed E-state index contributed by atoms with van der Waals surface area (Å²) >= 11 is 0. The molecule has 0 atom stereocenters. The Hall–Kier alpha value is -2.04. The summed E-state index contributed by atoms with van der Waals surface area (Å²) in [7, 11) is 0. The van der Waals surface area contributed by atoms with Crippen LogP contribution >= 0.6 is 0 Å². The molecule has 0 aromatic heterocycles. The molecule has 0 saturated heterocycles. The Balaban J connectivity index is 2.63. The van der Waals surface area contributed by atoms with Crippen molar-refractivity contribution in [1.29, 1.82) is 0 Å². The Bertz CT molecular complexity index is 437. The minimum absolute atomic E-state index is 0.0315. The summed E-state index contributed by atoms with van der Waals surface area (Å²) in [5.74, 6) is 0.447. The Morgan fingerprint density at radius 3 is 2.26 bits per heavy atom. The van der Waals surface area contributed by atoms with Crippen molar-refractivity contribution in [2.45, 2.75) is 26.7 Å². The summed E-state index contributed by atoms with van der Waals surface area (Å²) in [6.45, 7) is 4.92. The molecule has 0 aliphatic heterocycles. The first kappa shape index (κ1) is 15.0. The lowest BCUT2D eigenvalue weighted by atomic mass is 10.0. The number of hydrogen-bond donors (Lipinski definition) is 3. The van der Waals surface area contributed by atoms with Crippen LogP contribution in [0.2, 0.25) is 0 Å². The highest BCUT2D eigenvalue weighted by atomic mass is 16.4. The average Bonchev–Trinajstić information content (AvgIpc) is 2.47. The summed E-state index contributed by atoms with van der Waals surface area (Å²) < 4.78 is 0. The topological polar surface area (TPSA) is 87.7 Å². The van der Waals surface area contributed by atoms with Crippen LogP contribution in [0.5, 0.6) is 0 Å². The van der Waals surface area contributed by atoms with E-state index in [2.05, 4.69) is 24.3 Å². The average molecular weight is 263 g/mol. The molecular weight excluding hydrogens is 242 g/mol. The molecule has 0 unspecified atom stereocenters. The van der Waals surface area contributed by atoms with Crippen LogP contribution in [0.3, 0.4) is 0 Å². The third-order valence-electron chi connectivity index (χ3n) is 3.26. The second-order valence-electron chi connectivity index (χ2n) is 4.46. The number of carbonyl (C=O) groups is 1. The molecule has 0 bridgehead atoms. The Morgan fingerprint density at radius 2 is 1.79 bits per heavy atom. The van der Waals surface area contributed by atoms with Crippen LogP contribution in [-0.4, -0.2) is 23.5 Å². The van der Waals surface area contributed by atoms with Crippen LogP contribution in [0.25, 0.3) is 0 Å². The van der Waals surface area contributed by atoms with E-state index in [1.54, 1.807) is 24.3 Å². The lowest BCUT2D eigenvalue weighted by molar-refractivity contribution is 0.0946. The van der Waals surface area contributed by atoms with Crippen LogP contribution in [0.1, 0.15) is 42.6 Å². The molecule has 5 nitrogen and oxygen atoms in total. The molecule has 5 heteroatoms. The number of hydrogen-bond acceptors (Lipinski definition) is 3. The van der Waals surface area contributed by atoms with Crippen LogP contribution in [0, 0.1) is 5.92 Å². The normalized spacial score (nSPS) is 11.6. The minimum atomic E-state index is -0.0991. The van der Waals surface area contributed by atoms with Crippen molar-refractivity contribution in [1.82, 2.24) is 5.32 Å². The van der Waals surface area contributed by atoms with E-state index in [9.17, 15) is 4.79 Å². The number of nitrogens with two attached hydrogens (primary N) is 1. The van der Waals surface area contributed by atoms with Crippen molar-refractivity contribution >= 4 is 11.7 Å². The van der Waals surface area contributed by atoms with Crippen molar-refractivity contribution in [3.8, 4) is 0 Å². The lowest BCUT2D eigenvalue weighted by Crippen LogP contribution is -2.29. The maximum atomic E-state index is 11.9. The number of benzene rings is 1. The van der Waals surface area contributed by atoms with E-state index in [1.165, 1.54) is 0 Å². The van der Waals surface area contributed by atoms with Gasteiger partial charge in [0.05, 0.1) is 0 Å². The van der Waals surface area contributed by atoms with Gasteiger partial charge in [-0.2, -0.15) is 0 Å². The van der Waals surface area contributed by atoms with Gasteiger partial charge >= 0.3 is 0 Å². The number of amides is 1. The summed E-state index contributed by atoms with van der Waals surface area (Å²) in [5.41, 5.74) is 6.61. The molecule has 1 aromatic carbocycles. The molecule has 0 aliphatic carbocycles. The van der Waals surface area contributed by atoms with E-state index in [0.717, 1.165) is 12.8 Å². The van der Waals surface area contributed by atoms with E-state index >= 15 is 0 Å². The second-order valence-corrected chi connectivity index (χ2v) is 4.46. The maximum Gasteiger partial charge on any atom is 0.251 e. The van der Waals surface area contributed by atoms with Gasteiger partial charge in [0.2, 0.25) is 0 Å². The van der Waals surface area contributed by atoms with Gasteiger partial charge in [-0.1, -0.05) is 44.0 Å². The smallest absolute Gasteiger partial charge is 0.251 e. The van der Waals surface area contributed by atoms with Crippen molar-refractivity contribution < 1.29 is 10.0 Å². The summed E-state index contributed by atoms with van der Waals surface area (Å²) in [6, 6.07) is 6.63. The molecule has 19 heavy (non-hydrogen) atoms. The Kier molecular flexibility index (Phi) is 5.85. The molecule has 104 valence electrons. The summed E-state index contributed by atoms with van der Waals surface area (Å²) in [5, 5.41) is 14.4. The predicted molar refractivity (Wildman–Crippen MR) is 75.4 cm³/mol. The van der Waals surface area contributed by atoms with Gasteiger partial charge in [0, 0.05) is 17.7 Å². The van der Waals surface area contributed by atoms with Crippen LogP contribution in [0.15, 0.2) is 29.4 Å². The zero-order chi connectivity index (χ0) is 14.3.